The summed E-state index contributed by atoms with van der Waals surface area (Å²) >= 11 is 0. The molecule has 1 heterocycles. The molecule has 0 fully saturated rings. The van der Waals surface area contributed by atoms with Gasteiger partial charge in [-0.1, -0.05) is 30.3 Å². The number of carboxylic acids is 1. The molecule has 2 aromatic carbocycles. The standard InChI is InChI=1S/C22H20FNO5/c1-3-24-19-14(11-17(25)26)10-15(23)12-16(19)21(27)18(22(28)29-4-2)20(24)13-8-6-5-7-9-13/h5-10,12H,3-4,11H2,1-2H3,(H,25,26). The molecule has 0 saturated carbocycles. The molecular formula is C22H20FNO5. The largest absolute Gasteiger partial charge is 0.481 e. The van der Waals surface area contributed by atoms with Crippen molar-refractivity contribution in [3.63, 3.8) is 0 Å². The molecule has 0 aliphatic carbocycles. The van der Waals surface area contributed by atoms with Crippen LogP contribution < -0.4 is 5.43 Å². The first-order chi connectivity index (χ1) is 13.9. The van der Waals surface area contributed by atoms with Crippen molar-refractivity contribution in [1.29, 1.82) is 0 Å². The van der Waals surface area contributed by atoms with E-state index in [4.69, 9.17) is 4.74 Å². The van der Waals surface area contributed by atoms with Crippen molar-refractivity contribution in [2.24, 2.45) is 0 Å². The van der Waals surface area contributed by atoms with E-state index < -0.39 is 29.6 Å². The number of aryl methyl sites for hydroxylation is 1. The maximum Gasteiger partial charge on any atom is 0.344 e. The number of carbonyl (C=O) groups is 2. The minimum Gasteiger partial charge on any atom is -0.481 e. The average Bonchev–Trinajstić information content (AvgIpc) is 2.68. The van der Waals surface area contributed by atoms with E-state index in [1.54, 1.807) is 48.7 Å². The van der Waals surface area contributed by atoms with Crippen molar-refractivity contribution < 1.29 is 23.8 Å². The predicted octanol–water partition coefficient (Wildman–Crippen LogP) is 3.63. The molecule has 1 aromatic heterocycles. The van der Waals surface area contributed by atoms with Gasteiger partial charge in [0.05, 0.1) is 24.2 Å². The molecule has 1 N–H and O–H groups in total. The number of aliphatic carboxylic acids is 1. The number of aromatic nitrogens is 1. The summed E-state index contributed by atoms with van der Waals surface area (Å²) in [7, 11) is 0. The van der Waals surface area contributed by atoms with Crippen LogP contribution in [0.25, 0.3) is 22.2 Å². The molecule has 150 valence electrons. The highest BCUT2D eigenvalue weighted by Gasteiger charge is 2.26. The topological polar surface area (TPSA) is 85.6 Å². The summed E-state index contributed by atoms with van der Waals surface area (Å²) in [6, 6.07) is 11.0. The number of esters is 1. The first kappa shape index (κ1) is 20.3. The lowest BCUT2D eigenvalue weighted by molar-refractivity contribution is -0.136. The van der Waals surface area contributed by atoms with Crippen molar-refractivity contribution in [2.45, 2.75) is 26.8 Å². The Hall–Kier alpha value is -3.48. The summed E-state index contributed by atoms with van der Waals surface area (Å²) in [5.74, 6) is -2.69. The van der Waals surface area contributed by atoms with Crippen LogP contribution in [0.4, 0.5) is 4.39 Å². The van der Waals surface area contributed by atoms with Crippen molar-refractivity contribution >= 4 is 22.8 Å². The van der Waals surface area contributed by atoms with E-state index in [0.717, 1.165) is 12.1 Å². The SMILES string of the molecule is CCOC(=O)c1c(-c2ccccc2)n(CC)c2c(CC(=O)O)cc(F)cc2c1=O. The predicted molar refractivity (Wildman–Crippen MR) is 107 cm³/mol. The van der Waals surface area contributed by atoms with Crippen LogP contribution in [0.5, 0.6) is 0 Å². The molecule has 0 bridgehead atoms. The molecule has 0 aliphatic heterocycles. The normalized spacial score (nSPS) is 10.9. The maximum atomic E-state index is 14.2. The molecule has 6 nitrogen and oxygen atoms in total. The number of carbonyl (C=O) groups excluding carboxylic acids is 1. The maximum absolute atomic E-state index is 14.2. The first-order valence-corrected chi connectivity index (χ1v) is 9.22. The summed E-state index contributed by atoms with van der Waals surface area (Å²) in [5.41, 5.74) is 0.504. The Morgan fingerprint density at radius 1 is 1.14 bits per heavy atom. The molecule has 0 atom stereocenters. The lowest BCUT2D eigenvalue weighted by Gasteiger charge is -2.21. The van der Waals surface area contributed by atoms with Gasteiger partial charge in [0.2, 0.25) is 5.43 Å². The van der Waals surface area contributed by atoms with Gasteiger partial charge in [-0.15, -0.1) is 0 Å². The van der Waals surface area contributed by atoms with Crippen molar-refractivity contribution in [2.75, 3.05) is 6.61 Å². The fourth-order valence-corrected chi connectivity index (χ4v) is 3.54. The van der Waals surface area contributed by atoms with Crippen LogP contribution in [-0.2, 0) is 22.5 Å². The van der Waals surface area contributed by atoms with E-state index in [9.17, 15) is 23.9 Å². The van der Waals surface area contributed by atoms with E-state index in [0.29, 0.717) is 23.3 Å². The molecular weight excluding hydrogens is 377 g/mol. The lowest BCUT2D eigenvalue weighted by Crippen LogP contribution is -2.25. The Bertz CT molecular complexity index is 1150. The Balaban J connectivity index is 2.55. The molecule has 0 unspecified atom stereocenters. The second kappa shape index (κ2) is 8.26. The highest BCUT2D eigenvalue weighted by atomic mass is 19.1. The molecule has 0 aliphatic rings. The average molecular weight is 397 g/mol. The molecule has 0 saturated heterocycles. The van der Waals surface area contributed by atoms with Crippen molar-refractivity contribution in [3.05, 3.63) is 69.6 Å². The summed E-state index contributed by atoms with van der Waals surface area (Å²) < 4.78 is 21.0. The van der Waals surface area contributed by atoms with E-state index in [1.165, 1.54) is 0 Å². The monoisotopic (exact) mass is 397 g/mol. The number of halogens is 1. The quantitative estimate of drug-likeness (QED) is 0.642. The number of carboxylic acid groups (broad SMARTS) is 1. The van der Waals surface area contributed by atoms with E-state index in [-0.39, 0.29) is 23.1 Å². The van der Waals surface area contributed by atoms with Crippen molar-refractivity contribution in [1.82, 2.24) is 4.57 Å². The molecule has 0 radical (unpaired) electrons. The van der Waals surface area contributed by atoms with Gasteiger partial charge in [-0.05, 0) is 37.1 Å². The van der Waals surface area contributed by atoms with Gasteiger partial charge in [-0.2, -0.15) is 0 Å². The zero-order valence-electron chi connectivity index (χ0n) is 16.1. The number of ether oxygens (including phenoxy) is 1. The number of pyridine rings is 1. The number of nitrogens with zero attached hydrogens (tertiary/aromatic N) is 1. The molecule has 0 amide bonds. The van der Waals surface area contributed by atoms with Gasteiger partial charge < -0.3 is 14.4 Å². The highest BCUT2D eigenvalue weighted by molar-refractivity contribution is 6.01. The van der Waals surface area contributed by atoms with Crippen LogP contribution in [0.2, 0.25) is 0 Å². The van der Waals surface area contributed by atoms with Gasteiger partial charge >= 0.3 is 11.9 Å². The summed E-state index contributed by atoms with van der Waals surface area (Å²) in [6.07, 6.45) is -0.458. The van der Waals surface area contributed by atoms with Crippen molar-refractivity contribution in [3.8, 4) is 11.3 Å². The lowest BCUT2D eigenvalue weighted by atomic mass is 9.98. The van der Waals surface area contributed by atoms with E-state index in [1.807, 2.05) is 0 Å². The Morgan fingerprint density at radius 3 is 2.41 bits per heavy atom. The van der Waals surface area contributed by atoms with Crippen LogP contribution in [-0.4, -0.2) is 28.2 Å². The number of fused-ring (bicyclic) bond motifs is 1. The van der Waals surface area contributed by atoms with Gasteiger partial charge in [-0.3, -0.25) is 9.59 Å². The number of rotatable bonds is 6. The number of hydrogen-bond acceptors (Lipinski definition) is 4. The number of benzene rings is 2. The van der Waals surface area contributed by atoms with Gasteiger partial charge in [-0.25, -0.2) is 9.18 Å². The van der Waals surface area contributed by atoms with Crippen LogP contribution in [0.3, 0.4) is 0 Å². The van der Waals surface area contributed by atoms with Gasteiger partial charge in [0.1, 0.15) is 11.4 Å². The first-order valence-electron chi connectivity index (χ1n) is 9.22. The fourth-order valence-electron chi connectivity index (χ4n) is 3.54. The zero-order chi connectivity index (χ0) is 21.1. The zero-order valence-corrected chi connectivity index (χ0v) is 16.1. The second-order valence-electron chi connectivity index (χ2n) is 6.42. The second-order valence-corrected chi connectivity index (χ2v) is 6.42. The molecule has 7 heteroatoms. The van der Waals surface area contributed by atoms with Crippen LogP contribution >= 0.6 is 0 Å². The smallest absolute Gasteiger partial charge is 0.344 e. The van der Waals surface area contributed by atoms with E-state index in [2.05, 4.69) is 0 Å². The number of hydrogen-bond donors (Lipinski definition) is 1. The Kier molecular flexibility index (Phi) is 5.77. The van der Waals surface area contributed by atoms with Gasteiger partial charge in [0.25, 0.3) is 0 Å². The minimum atomic E-state index is -1.15. The van der Waals surface area contributed by atoms with Crippen LogP contribution in [0.1, 0.15) is 29.8 Å². The highest BCUT2D eigenvalue weighted by Crippen LogP contribution is 2.29. The third kappa shape index (κ3) is 3.76. The molecule has 29 heavy (non-hydrogen) atoms. The summed E-state index contributed by atoms with van der Waals surface area (Å²) in [6.45, 7) is 3.83. The third-order valence-electron chi connectivity index (χ3n) is 4.59. The molecule has 3 aromatic rings. The van der Waals surface area contributed by atoms with Gasteiger partial charge in [0, 0.05) is 11.9 Å². The van der Waals surface area contributed by atoms with Gasteiger partial charge in [0.15, 0.2) is 0 Å². The van der Waals surface area contributed by atoms with Crippen LogP contribution in [0.15, 0.2) is 47.3 Å². The van der Waals surface area contributed by atoms with Crippen LogP contribution in [0, 0.1) is 5.82 Å². The summed E-state index contributed by atoms with van der Waals surface area (Å²) in [5, 5.41) is 9.22. The third-order valence-corrected chi connectivity index (χ3v) is 4.59. The molecule has 3 rings (SSSR count). The van der Waals surface area contributed by atoms with E-state index >= 15 is 0 Å². The minimum absolute atomic E-state index is 0.0502. The Labute approximate surface area is 166 Å². The Morgan fingerprint density at radius 2 is 1.83 bits per heavy atom. The molecule has 0 spiro atoms. The summed E-state index contributed by atoms with van der Waals surface area (Å²) in [4.78, 5) is 37.3. The fraction of sp³-hybridized carbons (Fsp3) is 0.227.